The van der Waals surface area contributed by atoms with Crippen molar-refractivity contribution in [3.05, 3.63) is 0 Å². The van der Waals surface area contributed by atoms with Gasteiger partial charge in [-0.3, -0.25) is 0 Å². The van der Waals surface area contributed by atoms with E-state index in [0.717, 1.165) is 24.6 Å². The first-order valence-corrected chi connectivity index (χ1v) is 7.13. The van der Waals surface area contributed by atoms with Gasteiger partial charge in [0.1, 0.15) is 0 Å². The summed E-state index contributed by atoms with van der Waals surface area (Å²) in [7, 11) is 0. The van der Waals surface area contributed by atoms with Crippen molar-refractivity contribution in [3.8, 4) is 0 Å². The highest BCUT2D eigenvalue weighted by Crippen LogP contribution is 2.15. The van der Waals surface area contributed by atoms with Crippen LogP contribution in [0.1, 0.15) is 40.5 Å². The zero-order valence-corrected chi connectivity index (χ0v) is 11.5. The maximum Gasteiger partial charge on any atom is 0.0618 e. The molecule has 2 nitrogen and oxygen atoms in total. The van der Waals surface area contributed by atoms with Crippen LogP contribution in [-0.2, 0) is 0 Å². The van der Waals surface area contributed by atoms with Gasteiger partial charge in [-0.05, 0) is 38.0 Å². The molecule has 0 saturated heterocycles. The number of aliphatic hydroxyl groups excluding tert-OH is 1. The Labute approximate surface area is 99.2 Å². The van der Waals surface area contributed by atoms with Gasteiger partial charge >= 0.3 is 0 Å². The van der Waals surface area contributed by atoms with Crippen LogP contribution in [0.3, 0.4) is 0 Å². The molecule has 1 atom stereocenters. The van der Waals surface area contributed by atoms with Gasteiger partial charge in [-0.25, -0.2) is 0 Å². The molecule has 0 heterocycles. The number of nitrogens with one attached hydrogen (secondary N) is 1. The molecule has 0 spiro atoms. The summed E-state index contributed by atoms with van der Waals surface area (Å²) >= 11 is 1.94. The normalized spacial score (nSPS) is 15.6. The van der Waals surface area contributed by atoms with Gasteiger partial charge in [0.05, 0.1) is 6.61 Å². The summed E-state index contributed by atoms with van der Waals surface area (Å²) in [4.78, 5) is 0. The van der Waals surface area contributed by atoms with E-state index in [-0.39, 0.29) is 12.1 Å². The topological polar surface area (TPSA) is 32.3 Å². The summed E-state index contributed by atoms with van der Waals surface area (Å²) in [6.07, 6.45) is 2.38. The van der Waals surface area contributed by atoms with E-state index >= 15 is 0 Å². The van der Waals surface area contributed by atoms with Gasteiger partial charge in [0.2, 0.25) is 0 Å². The molecule has 0 aliphatic carbocycles. The van der Waals surface area contributed by atoms with Crippen LogP contribution in [-0.4, -0.2) is 35.3 Å². The lowest BCUT2D eigenvalue weighted by atomic mass is 10.1. The molecular formula is C12H27NOS. The lowest BCUT2D eigenvalue weighted by molar-refractivity contribution is 0.192. The minimum Gasteiger partial charge on any atom is -0.394 e. The molecule has 0 saturated carbocycles. The fraction of sp³-hybridized carbons (Fsp3) is 1.00. The number of rotatable bonds is 9. The minimum absolute atomic E-state index is 0.0995. The number of hydrogen-bond acceptors (Lipinski definition) is 3. The van der Waals surface area contributed by atoms with Crippen LogP contribution in [0.25, 0.3) is 0 Å². The van der Waals surface area contributed by atoms with E-state index in [1.807, 2.05) is 11.8 Å². The first-order chi connectivity index (χ1) is 7.04. The van der Waals surface area contributed by atoms with E-state index in [2.05, 4.69) is 33.0 Å². The molecule has 92 valence electrons. The molecule has 0 aromatic heterocycles. The molecule has 0 rings (SSSR count). The Hall–Kier alpha value is 0.270. The average molecular weight is 233 g/mol. The molecule has 0 aromatic rings. The maximum absolute atomic E-state index is 9.34. The van der Waals surface area contributed by atoms with Crippen LogP contribution in [0.15, 0.2) is 0 Å². The smallest absolute Gasteiger partial charge is 0.0618 e. The zero-order valence-electron chi connectivity index (χ0n) is 10.7. The highest BCUT2D eigenvalue weighted by atomic mass is 32.2. The Morgan fingerprint density at radius 1 is 1.40 bits per heavy atom. The monoisotopic (exact) mass is 233 g/mol. The molecule has 2 N–H and O–H groups in total. The molecule has 0 aliphatic rings. The van der Waals surface area contributed by atoms with Crippen molar-refractivity contribution in [2.45, 2.75) is 46.1 Å². The maximum atomic E-state index is 9.34. The van der Waals surface area contributed by atoms with Crippen LogP contribution in [0, 0.1) is 5.92 Å². The third-order valence-corrected chi connectivity index (χ3v) is 3.78. The molecular weight excluding hydrogens is 206 g/mol. The quantitative estimate of drug-likeness (QED) is 0.600. The van der Waals surface area contributed by atoms with Gasteiger partial charge < -0.3 is 10.4 Å². The third kappa shape index (κ3) is 8.12. The lowest BCUT2D eigenvalue weighted by Gasteiger charge is -2.28. The summed E-state index contributed by atoms with van der Waals surface area (Å²) in [5.41, 5.74) is -0.0995. The summed E-state index contributed by atoms with van der Waals surface area (Å²) < 4.78 is 0. The van der Waals surface area contributed by atoms with E-state index in [0.29, 0.717) is 0 Å². The van der Waals surface area contributed by atoms with Gasteiger partial charge in [-0.2, -0.15) is 11.8 Å². The van der Waals surface area contributed by atoms with E-state index in [1.165, 1.54) is 12.2 Å². The Bertz CT molecular complexity index is 153. The van der Waals surface area contributed by atoms with Crippen molar-refractivity contribution < 1.29 is 5.11 Å². The van der Waals surface area contributed by atoms with Crippen molar-refractivity contribution in [3.63, 3.8) is 0 Å². The van der Waals surface area contributed by atoms with Crippen LogP contribution in [0.5, 0.6) is 0 Å². The minimum atomic E-state index is -0.0995. The average Bonchev–Trinajstić information content (AvgIpc) is 2.21. The Balaban J connectivity index is 3.67. The molecule has 15 heavy (non-hydrogen) atoms. The van der Waals surface area contributed by atoms with Gasteiger partial charge in [0.15, 0.2) is 0 Å². The van der Waals surface area contributed by atoms with Crippen molar-refractivity contribution in [1.29, 1.82) is 0 Å². The fourth-order valence-electron chi connectivity index (χ4n) is 1.20. The lowest BCUT2D eigenvalue weighted by Crippen LogP contribution is -2.48. The second-order valence-electron chi connectivity index (χ2n) is 4.88. The van der Waals surface area contributed by atoms with Crippen LogP contribution in [0.4, 0.5) is 0 Å². The second kappa shape index (κ2) is 8.43. The van der Waals surface area contributed by atoms with E-state index in [9.17, 15) is 5.11 Å². The standard InChI is InChI=1S/C12H27NOS/c1-5-7-13-12(4,9-14)10-15-8-6-11(2)3/h11,13-14H,5-10H2,1-4H3. The Kier molecular flexibility index (Phi) is 8.58. The van der Waals surface area contributed by atoms with Crippen molar-refractivity contribution in [1.82, 2.24) is 5.32 Å². The molecule has 1 unspecified atom stereocenters. The highest BCUT2D eigenvalue weighted by Gasteiger charge is 2.21. The Morgan fingerprint density at radius 2 is 2.07 bits per heavy atom. The molecule has 0 aliphatic heterocycles. The molecule has 0 aromatic carbocycles. The van der Waals surface area contributed by atoms with Gasteiger partial charge in [-0.15, -0.1) is 0 Å². The van der Waals surface area contributed by atoms with E-state index < -0.39 is 0 Å². The second-order valence-corrected chi connectivity index (χ2v) is 5.99. The number of hydrogen-bond donors (Lipinski definition) is 2. The summed E-state index contributed by atoms with van der Waals surface area (Å²) in [5, 5.41) is 12.8. The number of thioether (sulfide) groups is 1. The van der Waals surface area contributed by atoms with Crippen molar-refractivity contribution in [2.24, 2.45) is 5.92 Å². The molecule has 0 amide bonds. The summed E-state index contributed by atoms with van der Waals surface area (Å²) in [6.45, 7) is 9.97. The predicted octanol–water partition coefficient (Wildman–Crippen LogP) is 2.52. The van der Waals surface area contributed by atoms with Crippen LogP contribution in [0.2, 0.25) is 0 Å². The van der Waals surface area contributed by atoms with Crippen LogP contribution >= 0.6 is 11.8 Å². The predicted molar refractivity (Wildman–Crippen MR) is 70.6 cm³/mol. The molecule has 0 radical (unpaired) electrons. The fourth-order valence-corrected chi connectivity index (χ4v) is 2.62. The zero-order chi connectivity index (χ0) is 11.7. The summed E-state index contributed by atoms with van der Waals surface area (Å²) in [5.74, 6) is 2.97. The van der Waals surface area contributed by atoms with Gasteiger partial charge in [-0.1, -0.05) is 20.8 Å². The van der Waals surface area contributed by atoms with Gasteiger partial charge in [0.25, 0.3) is 0 Å². The SMILES string of the molecule is CCCNC(C)(CO)CSCCC(C)C. The molecule has 0 fully saturated rings. The largest absolute Gasteiger partial charge is 0.394 e. The van der Waals surface area contributed by atoms with Crippen molar-refractivity contribution in [2.75, 3.05) is 24.7 Å². The van der Waals surface area contributed by atoms with Crippen LogP contribution < -0.4 is 5.32 Å². The summed E-state index contributed by atoms with van der Waals surface area (Å²) in [6, 6.07) is 0. The molecule has 3 heteroatoms. The highest BCUT2D eigenvalue weighted by molar-refractivity contribution is 7.99. The first-order valence-electron chi connectivity index (χ1n) is 5.97. The van der Waals surface area contributed by atoms with Crippen molar-refractivity contribution >= 4 is 11.8 Å². The third-order valence-electron chi connectivity index (χ3n) is 2.41. The van der Waals surface area contributed by atoms with E-state index in [4.69, 9.17) is 0 Å². The Morgan fingerprint density at radius 3 is 2.53 bits per heavy atom. The number of aliphatic hydroxyl groups is 1. The van der Waals surface area contributed by atoms with E-state index in [1.54, 1.807) is 0 Å². The van der Waals surface area contributed by atoms with Gasteiger partial charge in [0, 0.05) is 11.3 Å². The first kappa shape index (κ1) is 15.3. The molecule has 0 bridgehead atoms.